The van der Waals surface area contributed by atoms with E-state index in [1.54, 1.807) is 24.3 Å². The number of para-hydroxylation sites is 1. The predicted molar refractivity (Wildman–Crippen MR) is 99.6 cm³/mol. The van der Waals surface area contributed by atoms with Crippen LogP contribution in [0.25, 0.3) is 0 Å². The number of carbonyl (C=O) groups excluding carboxylic acids is 2. The number of ether oxygens (including phenoxy) is 1. The van der Waals surface area contributed by atoms with Crippen LogP contribution in [0.5, 0.6) is 0 Å². The number of anilines is 3. The van der Waals surface area contributed by atoms with Crippen molar-refractivity contribution in [2.45, 2.75) is 0 Å². The second-order valence-corrected chi connectivity index (χ2v) is 5.70. The summed E-state index contributed by atoms with van der Waals surface area (Å²) < 4.78 is 31.4. The summed E-state index contributed by atoms with van der Waals surface area (Å²) in [6.45, 7) is 0. The summed E-state index contributed by atoms with van der Waals surface area (Å²) >= 11 is 0. The molecule has 0 bridgehead atoms. The van der Waals surface area contributed by atoms with E-state index < -0.39 is 23.5 Å². The van der Waals surface area contributed by atoms with Crippen molar-refractivity contribution in [2.24, 2.45) is 0 Å². The molecule has 0 saturated heterocycles. The van der Waals surface area contributed by atoms with E-state index >= 15 is 0 Å². The Morgan fingerprint density at radius 1 is 1.00 bits per heavy atom. The zero-order valence-electron chi connectivity index (χ0n) is 14.7. The van der Waals surface area contributed by atoms with Gasteiger partial charge in [0, 0.05) is 12.3 Å². The first kappa shape index (κ1) is 19.0. The van der Waals surface area contributed by atoms with Gasteiger partial charge in [-0.05, 0) is 30.3 Å². The third kappa shape index (κ3) is 4.29. The minimum Gasteiger partial charge on any atom is -0.465 e. The average molecular weight is 383 g/mol. The van der Waals surface area contributed by atoms with E-state index in [4.69, 9.17) is 4.74 Å². The van der Waals surface area contributed by atoms with Crippen molar-refractivity contribution in [3.8, 4) is 0 Å². The van der Waals surface area contributed by atoms with E-state index in [0.29, 0.717) is 23.0 Å². The number of halogens is 2. The number of hydrogen-bond acceptors (Lipinski definition) is 5. The Morgan fingerprint density at radius 3 is 2.54 bits per heavy atom. The zero-order chi connectivity index (χ0) is 20.1. The molecule has 0 aliphatic carbocycles. The average Bonchev–Trinajstić information content (AvgIpc) is 2.70. The SMILES string of the molecule is COC(=O)c1ccccc1Nc1cncc(C(=O)Nc2ccc(F)cc2F)c1. The maximum Gasteiger partial charge on any atom is 0.339 e. The molecule has 0 fully saturated rings. The highest BCUT2D eigenvalue weighted by Gasteiger charge is 2.14. The number of hydrogen-bond donors (Lipinski definition) is 2. The molecule has 142 valence electrons. The van der Waals surface area contributed by atoms with Crippen molar-refractivity contribution in [1.82, 2.24) is 4.98 Å². The molecule has 0 spiro atoms. The summed E-state index contributed by atoms with van der Waals surface area (Å²) in [5.41, 5.74) is 1.21. The molecular formula is C20H15F2N3O3. The highest BCUT2D eigenvalue weighted by Crippen LogP contribution is 2.22. The summed E-state index contributed by atoms with van der Waals surface area (Å²) in [6, 6.07) is 11.0. The molecule has 1 aromatic heterocycles. The Bertz CT molecular complexity index is 1040. The topological polar surface area (TPSA) is 80.3 Å². The fourth-order valence-corrected chi connectivity index (χ4v) is 2.45. The van der Waals surface area contributed by atoms with Crippen LogP contribution in [0.2, 0.25) is 0 Å². The van der Waals surface area contributed by atoms with Gasteiger partial charge in [0.2, 0.25) is 0 Å². The number of amides is 1. The number of nitrogens with zero attached hydrogens (tertiary/aromatic N) is 1. The van der Waals surface area contributed by atoms with Crippen LogP contribution in [0, 0.1) is 11.6 Å². The number of carbonyl (C=O) groups is 2. The van der Waals surface area contributed by atoms with E-state index in [-0.39, 0.29) is 11.3 Å². The van der Waals surface area contributed by atoms with Gasteiger partial charge in [0.25, 0.3) is 5.91 Å². The first-order valence-corrected chi connectivity index (χ1v) is 8.14. The normalized spacial score (nSPS) is 10.2. The van der Waals surface area contributed by atoms with Crippen LogP contribution < -0.4 is 10.6 Å². The summed E-state index contributed by atoms with van der Waals surface area (Å²) in [7, 11) is 1.28. The summed E-state index contributed by atoms with van der Waals surface area (Å²) in [4.78, 5) is 28.2. The molecule has 8 heteroatoms. The van der Waals surface area contributed by atoms with Crippen molar-refractivity contribution >= 4 is 28.9 Å². The molecule has 3 aromatic rings. The molecule has 6 nitrogen and oxygen atoms in total. The third-order valence-electron chi connectivity index (χ3n) is 3.79. The maximum absolute atomic E-state index is 13.7. The second-order valence-electron chi connectivity index (χ2n) is 5.70. The molecule has 28 heavy (non-hydrogen) atoms. The number of nitrogens with one attached hydrogen (secondary N) is 2. The minimum atomic E-state index is -0.886. The molecule has 3 rings (SSSR count). The number of aromatic nitrogens is 1. The molecule has 1 heterocycles. The molecule has 0 saturated carbocycles. The van der Waals surface area contributed by atoms with Gasteiger partial charge in [-0.25, -0.2) is 13.6 Å². The van der Waals surface area contributed by atoms with Crippen LogP contribution in [-0.2, 0) is 4.74 Å². The first-order valence-electron chi connectivity index (χ1n) is 8.14. The quantitative estimate of drug-likeness (QED) is 0.647. The van der Waals surface area contributed by atoms with Gasteiger partial charge in [-0.3, -0.25) is 9.78 Å². The van der Waals surface area contributed by atoms with Crippen LogP contribution in [0.3, 0.4) is 0 Å². The van der Waals surface area contributed by atoms with Gasteiger partial charge in [0.05, 0.1) is 41.5 Å². The monoisotopic (exact) mass is 383 g/mol. The van der Waals surface area contributed by atoms with Crippen LogP contribution in [0.1, 0.15) is 20.7 Å². The third-order valence-corrected chi connectivity index (χ3v) is 3.79. The summed E-state index contributed by atoms with van der Waals surface area (Å²) in [5.74, 6) is -2.77. The fraction of sp³-hybridized carbons (Fsp3) is 0.0500. The van der Waals surface area contributed by atoms with Crippen LogP contribution in [0.15, 0.2) is 60.9 Å². The highest BCUT2D eigenvalue weighted by molar-refractivity contribution is 6.04. The number of rotatable bonds is 5. The molecule has 1 amide bonds. The second kappa shape index (κ2) is 8.26. The summed E-state index contributed by atoms with van der Waals surface area (Å²) in [5, 5.41) is 5.36. The Kier molecular flexibility index (Phi) is 5.59. The lowest BCUT2D eigenvalue weighted by Crippen LogP contribution is -2.14. The van der Waals surface area contributed by atoms with E-state index in [9.17, 15) is 18.4 Å². The van der Waals surface area contributed by atoms with E-state index in [1.165, 1.54) is 25.6 Å². The van der Waals surface area contributed by atoms with Gasteiger partial charge in [-0.15, -0.1) is 0 Å². The first-order chi connectivity index (χ1) is 13.5. The van der Waals surface area contributed by atoms with Gasteiger partial charge in [0.15, 0.2) is 0 Å². The maximum atomic E-state index is 13.7. The van der Waals surface area contributed by atoms with E-state index in [2.05, 4.69) is 15.6 Å². The number of methoxy groups -OCH3 is 1. The molecule has 2 N–H and O–H groups in total. The number of benzene rings is 2. The van der Waals surface area contributed by atoms with Crippen molar-refractivity contribution < 1.29 is 23.1 Å². The Labute approximate surface area is 159 Å². The summed E-state index contributed by atoms with van der Waals surface area (Å²) in [6.07, 6.45) is 2.76. The Balaban J connectivity index is 1.81. The Morgan fingerprint density at radius 2 is 1.79 bits per heavy atom. The highest BCUT2D eigenvalue weighted by atomic mass is 19.1. The molecule has 0 radical (unpaired) electrons. The van der Waals surface area contributed by atoms with Crippen molar-refractivity contribution in [3.05, 3.63) is 83.7 Å². The molecule has 0 unspecified atom stereocenters. The largest absolute Gasteiger partial charge is 0.465 e. The Hall–Kier alpha value is -3.81. The van der Waals surface area contributed by atoms with E-state index in [1.807, 2.05) is 0 Å². The molecule has 0 atom stereocenters. The molecule has 0 aliphatic heterocycles. The van der Waals surface area contributed by atoms with Gasteiger partial charge in [0.1, 0.15) is 11.6 Å². The lowest BCUT2D eigenvalue weighted by atomic mass is 10.1. The van der Waals surface area contributed by atoms with Crippen LogP contribution in [-0.4, -0.2) is 24.0 Å². The smallest absolute Gasteiger partial charge is 0.339 e. The van der Waals surface area contributed by atoms with Gasteiger partial charge in [-0.1, -0.05) is 12.1 Å². The lowest BCUT2D eigenvalue weighted by Gasteiger charge is -2.11. The standard InChI is InChI=1S/C20H15F2N3O3/c1-28-20(27)15-4-2-3-5-17(15)24-14-8-12(10-23-11-14)19(26)25-18-7-6-13(21)9-16(18)22/h2-11,24H,1H3,(H,25,26). The van der Waals surface area contributed by atoms with Crippen LogP contribution in [0.4, 0.5) is 25.8 Å². The van der Waals surface area contributed by atoms with E-state index in [0.717, 1.165) is 12.1 Å². The predicted octanol–water partition coefficient (Wildman–Crippen LogP) is 4.14. The van der Waals surface area contributed by atoms with Gasteiger partial charge < -0.3 is 15.4 Å². The number of esters is 1. The minimum absolute atomic E-state index is 0.143. The molecule has 0 aliphatic rings. The fourth-order valence-electron chi connectivity index (χ4n) is 2.45. The van der Waals surface area contributed by atoms with Crippen molar-refractivity contribution in [3.63, 3.8) is 0 Å². The molecular weight excluding hydrogens is 368 g/mol. The van der Waals surface area contributed by atoms with Crippen molar-refractivity contribution in [2.75, 3.05) is 17.7 Å². The van der Waals surface area contributed by atoms with Crippen LogP contribution >= 0.6 is 0 Å². The lowest BCUT2D eigenvalue weighted by molar-refractivity contribution is 0.0601. The molecule has 2 aromatic carbocycles. The van der Waals surface area contributed by atoms with Gasteiger partial charge >= 0.3 is 5.97 Å². The zero-order valence-corrected chi connectivity index (χ0v) is 14.7. The van der Waals surface area contributed by atoms with Gasteiger partial charge in [-0.2, -0.15) is 0 Å². The number of pyridine rings is 1. The van der Waals surface area contributed by atoms with Crippen molar-refractivity contribution in [1.29, 1.82) is 0 Å².